The highest BCUT2D eigenvalue weighted by atomic mass is 16.5. The molecule has 1 aromatic carbocycles. The fraction of sp³-hybridized carbons (Fsp3) is 0.467. The Morgan fingerprint density at radius 2 is 2.00 bits per heavy atom. The summed E-state index contributed by atoms with van der Waals surface area (Å²) in [7, 11) is 1.59. The first-order valence-electron chi connectivity index (χ1n) is 6.80. The van der Waals surface area contributed by atoms with Crippen molar-refractivity contribution in [1.82, 2.24) is 5.32 Å². The Hall–Kier alpha value is -2.04. The number of rotatable bonds is 3. The number of carbonyl (C=O) groups is 2. The summed E-state index contributed by atoms with van der Waals surface area (Å²) in [5, 5.41) is 5.66. The van der Waals surface area contributed by atoms with E-state index in [0.717, 1.165) is 18.6 Å². The maximum Gasteiger partial charge on any atom is 0.249 e. The van der Waals surface area contributed by atoms with E-state index >= 15 is 0 Å². The van der Waals surface area contributed by atoms with Gasteiger partial charge in [-0.1, -0.05) is 6.42 Å². The van der Waals surface area contributed by atoms with Crippen LogP contribution in [0.15, 0.2) is 24.3 Å². The standard InChI is InChI=1S/C15H20N2O3/c1-15(10-4-3-5-13(18)17-15)14(19)16-11-6-8-12(20-2)9-7-11/h6-9H,3-5,10H2,1-2H3,(H,16,19)(H,17,18). The fourth-order valence-electron chi connectivity index (χ4n) is 2.31. The second-order valence-electron chi connectivity index (χ2n) is 5.27. The third kappa shape index (κ3) is 3.29. The highest BCUT2D eigenvalue weighted by Crippen LogP contribution is 2.22. The van der Waals surface area contributed by atoms with Crippen LogP contribution in [0.4, 0.5) is 5.69 Å². The number of carbonyl (C=O) groups excluding carboxylic acids is 2. The number of amides is 2. The Bertz CT molecular complexity index is 498. The molecule has 1 aromatic rings. The van der Waals surface area contributed by atoms with Gasteiger partial charge in [-0.25, -0.2) is 0 Å². The first-order chi connectivity index (χ1) is 9.53. The van der Waals surface area contributed by atoms with E-state index < -0.39 is 5.54 Å². The molecule has 1 aliphatic heterocycles. The number of benzene rings is 1. The van der Waals surface area contributed by atoms with Crippen LogP contribution >= 0.6 is 0 Å². The Morgan fingerprint density at radius 1 is 1.30 bits per heavy atom. The van der Waals surface area contributed by atoms with Gasteiger partial charge >= 0.3 is 0 Å². The Labute approximate surface area is 118 Å². The predicted octanol–water partition coefficient (Wildman–Crippen LogP) is 2.08. The molecule has 2 amide bonds. The van der Waals surface area contributed by atoms with Gasteiger partial charge in [-0.15, -0.1) is 0 Å². The molecule has 0 radical (unpaired) electrons. The third-order valence-electron chi connectivity index (χ3n) is 3.59. The molecule has 0 aromatic heterocycles. The van der Waals surface area contributed by atoms with E-state index in [1.165, 1.54) is 0 Å². The monoisotopic (exact) mass is 276 g/mol. The van der Waals surface area contributed by atoms with Crippen LogP contribution in [0.1, 0.15) is 32.6 Å². The molecule has 1 saturated heterocycles. The minimum atomic E-state index is -0.840. The lowest BCUT2D eigenvalue weighted by molar-refractivity contribution is -0.129. The molecule has 0 spiro atoms. The summed E-state index contributed by atoms with van der Waals surface area (Å²) in [6.07, 6.45) is 2.84. The average molecular weight is 276 g/mol. The van der Waals surface area contributed by atoms with Gasteiger partial charge in [-0.05, 0) is 44.0 Å². The fourth-order valence-corrected chi connectivity index (χ4v) is 2.31. The highest BCUT2D eigenvalue weighted by molar-refractivity contribution is 6.00. The van der Waals surface area contributed by atoms with E-state index in [4.69, 9.17) is 4.74 Å². The molecule has 0 saturated carbocycles. The van der Waals surface area contributed by atoms with Crippen LogP contribution in [0, 0.1) is 0 Å². The molecule has 0 aliphatic carbocycles. The van der Waals surface area contributed by atoms with Crippen molar-refractivity contribution in [3.63, 3.8) is 0 Å². The lowest BCUT2D eigenvalue weighted by atomic mass is 9.95. The largest absolute Gasteiger partial charge is 0.497 e. The van der Waals surface area contributed by atoms with Crippen LogP contribution in [-0.4, -0.2) is 24.5 Å². The molecule has 1 aliphatic rings. The first-order valence-corrected chi connectivity index (χ1v) is 6.80. The normalized spacial score (nSPS) is 22.6. The number of nitrogens with one attached hydrogen (secondary N) is 2. The quantitative estimate of drug-likeness (QED) is 0.888. The molecular formula is C15H20N2O3. The van der Waals surface area contributed by atoms with E-state index in [1.807, 2.05) is 0 Å². The Kier molecular flexibility index (Phi) is 4.27. The van der Waals surface area contributed by atoms with Gasteiger partial charge in [0.2, 0.25) is 11.8 Å². The maximum absolute atomic E-state index is 12.4. The summed E-state index contributed by atoms with van der Waals surface area (Å²) >= 11 is 0. The predicted molar refractivity (Wildman–Crippen MR) is 76.6 cm³/mol. The van der Waals surface area contributed by atoms with Crippen LogP contribution in [-0.2, 0) is 9.59 Å². The molecule has 20 heavy (non-hydrogen) atoms. The smallest absolute Gasteiger partial charge is 0.249 e. The van der Waals surface area contributed by atoms with Crippen molar-refractivity contribution in [3.05, 3.63) is 24.3 Å². The second kappa shape index (κ2) is 5.94. The van der Waals surface area contributed by atoms with Gasteiger partial charge in [0.25, 0.3) is 0 Å². The zero-order chi connectivity index (χ0) is 14.6. The zero-order valence-electron chi connectivity index (χ0n) is 11.9. The molecule has 1 atom stereocenters. The number of hydrogen-bond acceptors (Lipinski definition) is 3. The van der Waals surface area contributed by atoms with E-state index in [0.29, 0.717) is 18.5 Å². The first kappa shape index (κ1) is 14.4. The van der Waals surface area contributed by atoms with Crippen LogP contribution in [0.5, 0.6) is 5.75 Å². The molecule has 1 heterocycles. The van der Waals surface area contributed by atoms with Crippen molar-refractivity contribution < 1.29 is 14.3 Å². The molecule has 5 nitrogen and oxygen atoms in total. The zero-order valence-corrected chi connectivity index (χ0v) is 11.9. The molecule has 5 heteroatoms. The lowest BCUT2D eigenvalue weighted by Crippen LogP contribution is -2.53. The molecule has 2 N–H and O–H groups in total. The molecule has 2 rings (SSSR count). The Balaban J connectivity index is 2.07. The second-order valence-corrected chi connectivity index (χ2v) is 5.27. The van der Waals surface area contributed by atoms with Crippen molar-refractivity contribution in [2.24, 2.45) is 0 Å². The van der Waals surface area contributed by atoms with Gasteiger partial charge in [0.05, 0.1) is 7.11 Å². The highest BCUT2D eigenvalue weighted by Gasteiger charge is 2.35. The van der Waals surface area contributed by atoms with Crippen LogP contribution in [0.2, 0.25) is 0 Å². The number of hydrogen-bond donors (Lipinski definition) is 2. The van der Waals surface area contributed by atoms with E-state index in [9.17, 15) is 9.59 Å². The van der Waals surface area contributed by atoms with Crippen LogP contribution in [0.3, 0.4) is 0 Å². The average Bonchev–Trinajstić information content (AvgIpc) is 2.61. The molecule has 0 bridgehead atoms. The molecule has 108 valence electrons. The summed E-state index contributed by atoms with van der Waals surface area (Å²) in [5.41, 5.74) is -0.149. The summed E-state index contributed by atoms with van der Waals surface area (Å²) in [4.78, 5) is 24.0. The lowest BCUT2D eigenvalue weighted by Gasteiger charge is -2.27. The van der Waals surface area contributed by atoms with Crippen molar-refractivity contribution in [1.29, 1.82) is 0 Å². The van der Waals surface area contributed by atoms with Crippen LogP contribution in [0.25, 0.3) is 0 Å². The van der Waals surface area contributed by atoms with Gasteiger partial charge in [-0.2, -0.15) is 0 Å². The van der Waals surface area contributed by atoms with Gasteiger partial charge < -0.3 is 15.4 Å². The summed E-state index contributed by atoms with van der Waals surface area (Å²) < 4.78 is 5.07. The molecule has 1 fully saturated rings. The molecule has 1 unspecified atom stereocenters. The van der Waals surface area contributed by atoms with Crippen LogP contribution < -0.4 is 15.4 Å². The van der Waals surface area contributed by atoms with Gasteiger partial charge in [0.15, 0.2) is 0 Å². The van der Waals surface area contributed by atoms with Gasteiger partial charge in [0.1, 0.15) is 11.3 Å². The van der Waals surface area contributed by atoms with Crippen molar-refractivity contribution in [2.75, 3.05) is 12.4 Å². The van der Waals surface area contributed by atoms with E-state index in [1.54, 1.807) is 38.3 Å². The van der Waals surface area contributed by atoms with E-state index in [-0.39, 0.29) is 11.8 Å². The Morgan fingerprint density at radius 3 is 2.65 bits per heavy atom. The van der Waals surface area contributed by atoms with Gasteiger partial charge in [-0.3, -0.25) is 9.59 Å². The maximum atomic E-state index is 12.4. The summed E-state index contributed by atoms with van der Waals surface area (Å²) in [6.45, 7) is 1.77. The summed E-state index contributed by atoms with van der Waals surface area (Å²) in [5.74, 6) is 0.491. The van der Waals surface area contributed by atoms with Crippen molar-refractivity contribution in [3.8, 4) is 5.75 Å². The number of ether oxygens (including phenoxy) is 1. The van der Waals surface area contributed by atoms with Gasteiger partial charge in [0, 0.05) is 12.1 Å². The minimum absolute atomic E-state index is 0.0603. The SMILES string of the molecule is COc1ccc(NC(=O)C2(C)CCCCC(=O)N2)cc1. The van der Waals surface area contributed by atoms with Crippen molar-refractivity contribution >= 4 is 17.5 Å². The summed E-state index contributed by atoms with van der Waals surface area (Å²) in [6, 6.07) is 7.12. The topological polar surface area (TPSA) is 67.4 Å². The third-order valence-corrected chi connectivity index (χ3v) is 3.59. The minimum Gasteiger partial charge on any atom is -0.497 e. The number of anilines is 1. The molecular weight excluding hydrogens is 256 g/mol. The number of methoxy groups -OCH3 is 1. The van der Waals surface area contributed by atoms with Crippen molar-refractivity contribution in [2.45, 2.75) is 38.1 Å². The van der Waals surface area contributed by atoms with E-state index in [2.05, 4.69) is 10.6 Å².